The number of aromatic nitrogens is 1. The number of nitrogens with zero attached hydrogens (tertiary/aromatic N) is 1. The summed E-state index contributed by atoms with van der Waals surface area (Å²) in [5.41, 5.74) is 1.47. The van der Waals surface area contributed by atoms with E-state index in [1.807, 2.05) is 13.0 Å². The highest BCUT2D eigenvalue weighted by Crippen LogP contribution is 2.38. The van der Waals surface area contributed by atoms with E-state index < -0.39 is 0 Å². The SMILES string of the molecule is CNC(=O)c1cc(Sc2cnc(NC=O)s2)c(C)cc1OC. The third-order valence-electron chi connectivity index (χ3n) is 2.85. The maximum Gasteiger partial charge on any atom is 0.254 e. The lowest BCUT2D eigenvalue weighted by Gasteiger charge is -2.12. The highest BCUT2D eigenvalue weighted by atomic mass is 32.2. The number of thiazole rings is 1. The number of carbonyl (C=O) groups excluding carboxylic acids is 2. The summed E-state index contributed by atoms with van der Waals surface area (Å²) in [7, 11) is 3.11. The average molecular weight is 337 g/mol. The number of methoxy groups -OCH3 is 1. The predicted octanol–water partition coefficient (Wildman–Crippen LogP) is 2.54. The number of carbonyl (C=O) groups is 2. The molecule has 0 atom stereocenters. The largest absolute Gasteiger partial charge is 0.496 e. The smallest absolute Gasteiger partial charge is 0.254 e. The molecule has 1 aromatic heterocycles. The van der Waals surface area contributed by atoms with Crippen LogP contribution in [0, 0.1) is 6.92 Å². The standard InChI is InChI=1S/C14H15N3O3S2/c1-8-4-10(20-3)9(13(19)15-2)5-11(8)21-12-6-16-14(22-12)17-7-18/h4-7H,1-3H3,(H,15,19)(H,16,17,18). The molecule has 0 fully saturated rings. The quantitative estimate of drug-likeness (QED) is 0.792. The van der Waals surface area contributed by atoms with E-state index >= 15 is 0 Å². The summed E-state index contributed by atoms with van der Waals surface area (Å²) in [5.74, 6) is 0.333. The Morgan fingerprint density at radius 1 is 1.45 bits per heavy atom. The van der Waals surface area contributed by atoms with E-state index in [1.54, 1.807) is 19.3 Å². The maximum atomic E-state index is 11.9. The Bertz CT molecular complexity index is 701. The van der Waals surface area contributed by atoms with Gasteiger partial charge in [0.2, 0.25) is 6.41 Å². The number of amides is 2. The van der Waals surface area contributed by atoms with Gasteiger partial charge >= 0.3 is 0 Å². The molecule has 0 saturated carbocycles. The van der Waals surface area contributed by atoms with Crippen molar-refractivity contribution in [2.75, 3.05) is 19.5 Å². The molecule has 0 bridgehead atoms. The monoisotopic (exact) mass is 337 g/mol. The number of nitrogens with one attached hydrogen (secondary N) is 2. The predicted molar refractivity (Wildman–Crippen MR) is 87.0 cm³/mol. The van der Waals surface area contributed by atoms with E-state index in [0.29, 0.717) is 22.9 Å². The van der Waals surface area contributed by atoms with E-state index in [1.165, 1.54) is 30.2 Å². The minimum absolute atomic E-state index is 0.202. The first-order valence-electron chi connectivity index (χ1n) is 6.33. The summed E-state index contributed by atoms with van der Waals surface area (Å²) >= 11 is 2.86. The Labute approximate surface area is 136 Å². The Kier molecular flexibility index (Phi) is 5.40. The summed E-state index contributed by atoms with van der Waals surface area (Å²) < 4.78 is 6.18. The molecule has 0 radical (unpaired) electrons. The molecule has 2 aromatic rings. The van der Waals surface area contributed by atoms with Crippen molar-refractivity contribution in [2.45, 2.75) is 16.0 Å². The number of hydrogen-bond acceptors (Lipinski definition) is 6. The van der Waals surface area contributed by atoms with Crippen LogP contribution < -0.4 is 15.4 Å². The molecule has 2 N–H and O–H groups in total. The Morgan fingerprint density at radius 3 is 2.86 bits per heavy atom. The first kappa shape index (κ1) is 16.3. The lowest BCUT2D eigenvalue weighted by Crippen LogP contribution is -2.18. The molecule has 2 rings (SSSR count). The lowest BCUT2D eigenvalue weighted by molar-refractivity contribution is -0.105. The minimum Gasteiger partial charge on any atom is -0.496 e. The molecular weight excluding hydrogens is 322 g/mol. The van der Waals surface area contributed by atoms with Gasteiger partial charge in [-0.25, -0.2) is 4.98 Å². The summed E-state index contributed by atoms with van der Waals surface area (Å²) in [5, 5.41) is 5.65. The molecule has 22 heavy (non-hydrogen) atoms. The molecule has 116 valence electrons. The molecule has 0 aliphatic carbocycles. The summed E-state index contributed by atoms with van der Waals surface area (Å²) in [6, 6.07) is 3.63. The fourth-order valence-electron chi connectivity index (χ4n) is 1.78. The molecule has 6 nitrogen and oxygen atoms in total. The van der Waals surface area contributed by atoms with Crippen LogP contribution in [-0.4, -0.2) is 31.5 Å². The number of anilines is 1. The maximum absolute atomic E-state index is 11.9. The zero-order valence-corrected chi connectivity index (χ0v) is 13.9. The normalized spacial score (nSPS) is 10.1. The number of hydrogen-bond donors (Lipinski definition) is 2. The molecule has 0 aliphatic heterocycles. The van der Waals surface area contributed by atoms with Crippen LogP contribution >= 0.6 is 23.1 Å². The van der Waals surface area contributed by atoms with Gasteiger partial charge in [0.25, 0.3) is 5.91 Å². The van der Waals surface area contributed by atoms with Gasteiger partial charge < -0.3 is 15.4 Å². The van der Waals surface area contributed by atoms with Crippen molar-refractivity contribution < 1.29 is 14.3 Å². The highest BCUT2D eigenvalue weighted by molar-refractivity contribution is 8.01. The molecule has 0 aliphatic rings. The van der Waals surface area contributed by atoms with Gasteiger partial charge in [-0.05, 0) is 24.6 Å². The van der Waals surface area contributed by atoms with Crippen LogP contribution in [0.25, 0.3) is 0 Å². The summed E-state index contributed by atoms with van der Waals surface area (Å²) in [6.07, 6.45) is 2.28. The van der Waals surface area contributed by atoms with Gasteiger partial charge in [-0.15, -0.1) is 0 Å². The van der Waals surface area contributed by atoms with Crippen molar-refractivity contribution in [2.24, 2.45) is 0 Å². The van der Waals surface area contributed by atoms with Gasteiger partial charge in [0.15, 0.2) is 5.13 Å². The van der Waals surface area contributed by atoms with Gasteiger partial charge in [-0.1, -0.05) is 23.1 Å². The third kappa shape index (κ3) is 3.58. The first-order valence-corrected chi connectivity index (χ1v) is 7.97. The van der Waals surface area contributed by atoms with Crippen molar-refractivity contribution in [1.82, 2.24) is 10.3 Å². The van der Waals surface area contributed by atoms with Crippen molar-refractivity contribution in [3.63, 3.8) is 0 Å². The number of benzene rings is 1. The van der Waals surface area contributed by atoms with Gasteiger partial charge in [0, 0.05) is 11.9 Å². The average Bonchev–Trinajstić information content (AvgIpc) is 2.95. The lowest BCUT2D eigenvalue weighted by atomic mass is 10.1. The van der Waals surface area contributed by atoms with Crippen molar-refractivity contribution in [3.05, 3.63) is 29.5 Å². The van der Waals surface area contributed by atoms with Crippen LogP contribution in [0.15, 0.2) is 27.4 Å². The van der Waals surface area contributed by atoms with Gasteiger partial charge in [0.05, 0.1) is 23.1 Å². The second-order valence-electron chi connectivity index (χ2n) is 4.25. The van der Waals surface area contributed by atoms with Crippen molar-refractivity contribution in [3.8, 4) is 5.75 Å². The number of aryl methyl sites for hydroxylation is 1. The topological polar surface area (TPSA) is 80.3 Å². The Hall–Kier alpha value is -2.06. The zero-order valence-electron chi connectivity index (χ0n) is 12.3. The van der Waals surface area contributed by atoms with Crippen LogP contribution in [0.5, 0.6) is 5.75 Å². The number of rotatable bonds is 6. The molecule has 1 heterocycles. The zero-order chi connectivity index (χ0) is 16.1. The Morgan fingerprint density at radius 2 is 2.23 bits per heavy atom. The minimum atomic E-state index is -0.202. The molecule has 0 spiro atoms. The third-order valence-corrected chi connectivity index (χ3v) is 5.04. The fraction of sp³-hybridized carbons (Fsp3) is 0.214. The van der Waals surface area contributed by atoms with Gasteiger partial charge in [0.1, 0.15) is 5.75 Å². The number of ether oxygens (including phenoxy) is 1. The van der Waals surface area contributed by atoms with Gasteiger partial charge in [-0.2, -0.15) is 0 Å². The van der Waals surface area contributed by atoms with Crippen LogP contribution in [0.2, 0.25) is 0 Å². The highest BCUT2D eigenvalue weighted by Gasteiger charge is 2.15. The second kappa shape index (κ2) is 7.28. The van der Waals surface area contributed by atoms with Crippen LogP contribution in [0.3, 0.4) is 0 Å². The van der Waals surface area contributed by atoms with Gasteiger partial charge in [-0.3, -0.25) is 9.59 Å². The summed E-state index contributed by atoms with van der Waals surface area (Å²) in [4.78, 5) is 27.4. The Balaban J connectivity index is 2.33. The van der Waals surface area contributed by atoms with E-state index in [2.05, 4.69) is 15.6 Å². The molecule has 0 unspecified atom stereocenters. The van der Waals surface area contributed by atoms with Crippen LogP contribution in [-0.2, 0) is 4.79 Å². The van der Waals surface area contributed by atoms with Crippen molar-refractivity contribution in [1.29, 1.82) is 0 Å². The molecule has 2 amide bonds. The molecular formula is C14H15N3O3S2. The molecule has 8 heteroatoms. The molecule has 0 saturated heterocycles. The first-order chi connectivity index (χ1) is 10.6. The van der Waals surface area contributed by atoms with E-state index in [4.69, 9.17) is 4.74 Å². The van der Waals surface area contributed by atoms with Crippen LogP contribution in [0.1, 0.15) is 15.9 Å². The summed E-state index contributed by atoms with van der Waals surface area (Å²) in [6.45, 7) is 1.95. The van der Waals surface area contributed by atoms with E-state index in [0.717, 1.165) is 14.7 Å². The fourth-order valence-corrected chi connectivity index (χ4v) is 3.68. The van der Waals surface area contributed by atoms with Crippen molar-refractivity contribution >= 4 is 40.5 Å². The van der Waals surface area contributed by atoms with E-state index in [-0.39, 0.29) is 5.91 Å². The van der Waals surface area contributed by atoms with Crippen LogP contribution in [0.4, 0.5) is 5.13 Å². The van der Waals surface area contributed by atoms with E-state index in [9.17, 15) is 9.59 Å². The second-order valence-corrected chi connectivity index (χ2v) is 6.62. The molecule has 1 aromatic carbocycles.